The van der Waals surface area contributed by atoms with E-state index in [1.807, 2.05) is 11.9 Å². The van der Waals surface area contributed by atoms with E-state index in [0.29, 0.717) is 6.54 Å². The summed E-state index contributed by atoms with van der Waals surface area (Å²) in [6, 6.07) is 3.53. The molecule has 156 valence electrons. The van der Waals surface area contributed by atoms with Crippen LogP contribution < -0.4 is 5.32 Å². The molecule has 2 aliphatic rings. The molecule has 3 rings (SSSR count). The van der Waals surface area contributed by atoms with Crippen LogP contribution in [-0.4, -0.2) is 59.1 Å². The van der Waals surface area contributed by atoms with E-state index in [1.54, 1.807) is 0 Å². The van der Waals surface area contributed by atoms with E-state index in [-0.39, 0.29) is 5.54 Å². The van der Waals surface area contributed by atoms with Crippen molar-refractivity contribution in [2.45, 2.75) is 51.0 Å². The summed E-state index contributed by atoms with van der Waals surface area (Å²) in [5.74, 6) is -1.12. The minimum absolute atomic E-state index is 0.100. The van der Waals surface area contributed by atoms with E-state index >= 15 is 0 Å². The van der Waals surface area contributed by atoms with Crippen molar-refractivity contribution < 1.29 is 13.6 Å². The van der Waals surface area contributed by atoms with Crippen molar-refractivity contribution in [1.29, 1.82) is 0 Å². The fourth-order valence-electron chi connectivity index (χ4n) is 4.37. The zero-order chi connectivity index (χ0) is 20.0. The second-order valence-corrected chi connectivity index (χ2v) is 9.00. The molecule has 1 aromatic rings. The molecule has 1 saturated heterocycles. The lowest BCUT2D eigenvalue weighted by molar-refractivity contribution is 0.0255. The van der Waals surface area contributed by atoms with E-state index in [9.17, 15) is 13.6 Å². The standard InChI is InChI=1S/C21H31F2N3OS/c1-2-15-28-26-13-11-25(12-14-26)21(9-4-3-5-10-21)16-24-20(27)19-17(22)7-6-8-18(19)23/h6-8H,2-5,9-16H2,1H3,(H,24,27). The molecule has 2 fully saturated rings. The molecular weight excluding hydrogens is 380 g/mol. The van der Waals surface area contributed by atoms with Crippen molar-refractivity contribution >= 4 is 17.9 Å². The van der Waals surface area contributed by atoms with Crippen molar-refractivity contribution in [3.63, 3.8) is 0 Å². The summed E-state index contributed by atoms with van der Waals surface area (Å²) in [6.07, 6.45) is 6.70. The Morgan fingerprint density at radius 3 is 2.36 bits per heavy atom. The molecule has 7 heteroatoms. The lowest BCUT2D eigenvalue weighted by Gasteiger charge is -2.49. The number of halogens is 2. The lowest BCUT2D eigenvalue weighted by Crippen LogP contribution is -2.61. The number of hydrogen-bond acceptors (Lipinski definition) is 4. The van der Waals surface area contributed by atoms with Crippen molar-refractivity contribution in [3.8, 4) is 0 Å². The van der Waals surface area contributed by atoms with Crippen LogP contribution in [0.2, 0.25) is 0 Å². The number of hydrogen-bond donors (Lipinski definition) is 1. The summed E-state index contributed by atoms with van der Waals surface area (Å²) in [7, 11) is 0. The molecule has 28 heavy (non-hydrogen) atoms. The number of piperazine rings is 1. The smallest absolute Gasteiger partial charge is 0.257 e. The maximum atomic E-state index is 13.9. The maximum absolute atomic E-state index is 13.9. The Labute approximate surface area is 171 Å². The van der Waals surface area contributed by atoms with Gasteiger partial charge in [0.1, 0.15) is 17.2 Å². The highest BCUT2D eigenvalue weighted by atomic mass is 32.2. The highest BCUT2D eigenvalue weighted by Gasteiger charge is 2.39. The van der Waals surface area contributed by atoms with Crippen LogP contribution in [0, 0.1) is 11.6 Å². The average molecular weight is 412 g/mol. The van der Waals surface area contributed by atoms with Crippen LogP contribution >= 0.6 is 11.9 Å². The first kappa shape index (κ1) is 21.5. The zero-order valence-corrected chi connectivity index (χ0v) is 17.5. The Kier molecular flexibility index (Phi) is 7.71. The van der Waals surface area contributed by atoms with Gasteiger partial charge in [0.15, 0.2) is 0 Å². The Morgan fingerprint density at radius 2 is 1.75 bits per heavy atom. The van der Waals surface area contributed by atoms with Crippen LogP contribution in [-0.2, 0) is 0 Å². The highest BCUT2D eigenvalue weighted by Crippen LogP contribution is 2.34. The Morgan fingerprint density at radius 1 is 1.11 bits per heavy atom. The summed E-state index contributed by atoms with van der Waals surface area (Å²) < 4.78 is 30.3. The molecule has 1 aromatic carbocycles. The molecule has 1 saturated carbocycles. The van der Waals surface area contributed by atoms with Gasteiger partial charge in [0.2, 0.25) is 0 Å². The molecule has 1 amide bonds. The van der Waals surface area contributed by atoms with Gasteiger partial charge in [-0.3, -0.25) is 9.69 Å². The normalized spacial score (nSPS) is 20.8. The zero-order valence-electron chi connectivity index (χ0n) is 16.7. The van der Waals surface area contributed by atoms with E-state index < -0.39 is 23.1 Å². The summed E-state index contributed by atoms with van der Waals surface area (Å²) in [4.78, 5) is 15.0. The van der Waals surface area contributed by atoms with Gasteiger partial charge in [0.25, 0.3) is 5.91 Å². The van der Waals surface area contributed by atoms with Crippen LogP contribution in [0.5, 0.6) is 0 Å². The number of carbonyl (C=O) groups excluding carboxylic acids is 1. The first-order chi connectivity index (χ1) is 13.6. The number of benzene rings is 1. The fourth-order valence-corrected chi connectivity index (χ4v) is 5.24. The van der Waals surface area contributed by atoms with Gasteiger partial charge in [-0.05, 0) is 31.4 Å². The third-order valence-corrected chi connectivity index (χ3v) is 7.26. The van der Waals surface area contributed by atoms with Crippen LogP contribution in [0.3, 0.4) is 0 Å². The van der Waals surface area contributed by atoms with Gasteiger partial charge in [-0.1, -0.05) is 44.2 Å². The molecule has 0 aromatic heterocycles. The van der Waals surface area contributed by atoms with Crippen LogP contribution in [0.15, 0.2) is 18.2 Å². The third kappa shape index (κ3) is 5.05. The highest BCUT2D eigenvalue weighted by molar-refractivity contribution is 7.97. The van der Waals surface area contributed by atoms with Gasteiger partial charge < -0.3 is 5.32 Å². The van der Waals surface area contributed by atoms with Crippen molar-refractivity contribution in [3.05, 3.63) is 35.4 Å². The fraction of sp³-hybridized carbons (Fsp3) is 0.667. The number of amides is 1. The van der Waals surface area contributed by atoms with E-state index in [4.69, 9.17) is 0 Å². The van der Waals surface area contributed by atoms with E-state index in [0.717, 1.165) is 69.7 Å². The van der Waals surface area contributed by atoms with Gasteiger partial charge in [-0.25, -0.2) is 13.1 Å². The number of rotatable bonds is 7. The monoisotopic (exact) mass is 411 g/mol. The summed E-state index contributed by atoms with van der Waals surface area (Å²) in [6.45, 7) is 6.62. The maximum Gasteiger partial charge on any atom is 0.257 e. The van der Waals surface area contributed by atoms with Crippen LogP contribution in [0.25, 0.3) is 0 Å². The van der Waals surface area contributed by atoms with Crippen molar-refractivity contribution in [2.75, 3.05) is 38.5 Å². The van der Waals surface area contributed by atoms with Crippen LogP contribution in [0.4, 0.5) is 8.78 Å². The molecule has 1 aliphatic carbocycles. The molecule has 1 heterocycles. The van der Waals surface area contributed by atoms with Gasteiger partial charge in [0, 0.05) is 44.0 Å². The molecule has 0 bridgehead atoms. The van der Waals surface area contributed by atoms with Gasteiger partial charge in [-0.2, -0.15) is 0 Å². The second-order valence-electron chi connectivity index (χ2n) is 7.81. The quantitative estimate of drug-likeness (QED) is 0.686. The predicted molar refractivity (Wildman–Crippen MR) is 110 cm³/mol. The molecule has 4 nitrogen and oxygen atoms in total. The average Bonchev–Trinajstić information content (AvgIpc) is 2.72. The molecule has 0 radical (unpaired) electrons. The SMILES string of the molecule is CCCSN1CCN(C2(CNC(=O)c3c(F)cccc3F)CCCCC2)CC1. The molecule has 0 atom stereocenters. The molecule has 0 unspecified atom stereocenters. The van der Waals surface area contributed by atoms with Gasteiger partial charge in [-0.15, -0.1) is 0 Å². The minimum Gasteiger partial charge on any atom is -0.350 e. The van der Waals surface area contributed by atoms with E-state index in [1.165, 1.54) is 18.9 Å². The van der Waals surface area contributed by atoms with E-state index in [2.05, 4.69) is 21.4 Å². The first-order valence-electron chi connectivity index (χ1n) is 10.4. The minimum atomic E-state index is -0.809. The Balaban J connectivity index is 1.65. The summed E-state index contributed by atoms with van der Waals surface area (Å²) in [5, 5.41) is 2.85. The summed E-state index contributed by atoms with van der Waals surface area (Å²) in [5.41, 5.74) is -0.578. The largest absolute Gasteiger partial charge is 0.350 e. The Hall–Kier alpha value is -1.18. The second kappa shape index (κ2) is 10.0. The molecule has 1 N–H and O–H groups in total. The lowest BCUT2D eigenvalue weighted by atomic mass is 9.79. The number of nitrogens with zero attached hydrogens (tertiary/aromatic N) is 2. The molecule has 1 aliphatic heterocycles. The number of carbonyl (C=O) groups is 1. The van der Waals surface area contributed by atoms with Crippen molar-refractivity contribution in [1.82, 2.24) is 14.5 Å². The molecule has 0 spiro atoms. The van der Waals surface area contributed by atoms with Crippen molar-refractivity contribution in [2.24, 2.45) is 0 Å². The van der Waals surface area contributed by atoms with Gasteiger partial charge in [0.05, 0.1) is 0 Å². The number of nitrogens with one attached hydrogen (secondary N) is 1. The van der Waals surface area contributed by atoms with Crippen LogP contribution in [0.1, 0.15) is 55.8 Å². The molecular formula is C21H31F2N3OS. The predicted octanol–water partition coefficient (Wildman–Crippen LogP) is 4.07. The topological polar surface area (TPSA) is 35.6 Å². The third-order valence-electron chi connectivity index (χ3n) is 5.94. The summed E-state index contributed by atoms with van der Waals surface area (Å²) >= 11 is 1.92. The first-order valence-corrected chi connectivity index (χ1v) is 11.3. The Bertz CT molecular complexity index is 639. The van der Waals surface area contributed by atoms with Gasteiger partial charge >= 0.3 is 0 Å².